The monoisotopic (exact) mass is 320 g/mol. The molecule has 0 aromatic carbocycles. The third kappa shape index (κ3) is 3.71. The fourth-order valence-corrected chi connectivity index (χ4v) is 4.46. The third-order valence-corrected chi connectivity index (χ3v) is 5.52. The summed E-state index contributed by atoms with van der Waals surface area (Å²) in [6.07, 6.45) is 5.05. The SMILES string of the molecule is O=C(CCCCC1SCC2NC(=O)NC21)Nc1ccccn1. The maximum absolute atomic E-state index is 11.8. The second-order valence-electron chi connectivity index (χ2n) is 5.63. The van der Waals surface area contributed by atoms with Crippen LogP contribution in [0, 0.1) is 0 Å². The number of carbonyl (C=O) groups excluding carboxylic acids is 2. The minimum atomic E-state index is -0.0463. The Bertz CT molecular complexity index is 540. The van der Waals surface area contributed by atoms with Gasteiger partial charge in [-0.1, -0.05) is 12.5 Å². The van der Waals surface area contributed by atoms with Crippen LogP contribution in [0.5, 0.6) is 0 Å². The van der Waals surface area contributed by atoms with Gasteiger partial charge in [0.2, 0.25) is 5.91 Å². The van der Waals surface area contributed by atoms with Crippen LogP contribution >= 0.6 is 11.8 Å². The highest BCUT2D eigenvalue weighted by molar-refractivity contribution is 8.00. The molecule has 2 saturated heterocycles. The Hall–Kier alpha value is -1.76. The summed E-state index contributed by atoms with van der Waals surface area (Å²) in [7, 11) is 0. The number of aromatic nitrogens is 1. The molecule has 1 aromatic heterocycles. The predicted molar refractivity (Wildman–Crippen MR) is 86.8 cm³/mol. The van der Waals surface area contributed by atoms with Crippen molar-refractivity contribution in [2.24, 2.45) is 0 Å². The minimum Gasteiger partial charge on any atom is -0.332 e. The van der Waals surface area contributed by atoms with Gasteiger partial charge in [0.1, 0.15) is 5.82 Å². The van der Waals surface area contributed by atoms with Gasteiger partial charge in [0.25, 0.3) is 0 Å². The summed E-state index contributed by atoms with van der Waals surface area (Å²) in [5.74, 6) is 1.58. The number of hydrogen-bond donors (Lipinski definition) is 3. The lowest BCUT2D eigenvalue weighted by Gasteiger charge is -2.16. The number of nitrogens with zero attached hydrogens (tertiary/aromatic N) is 1. The van der Waals surface area contributed by atoms with Gasteiger partial charge < -0.3 is 16.0 Å². The van der Waals surface area contributed by atoms with Gasteiger partial charge in [0.15, 0.2) is 0 Å². The number of hydrogen-bond acceptors (Lipinski definition) is 4. The van der Waals surface area contributed by atoms with Gasteiger partial charge in [-0.3, -0.25) is 4.79 Å². The van der Waals surface area contributed by atoms with Crippen LogP contribution in [0.2, 0.25) is 0 Å². The maximum Gasteiger partial charge on any atom is 0.315 e. The maximum atomic E-state index is 11.8. The highest BCUT2D eigenvalue weighted by Gasteiger charge is 2.42. The van der Waals surface area contributed by atoms with Crippen LogP contribution in [-0.2, 0) is 4.79 Å². The van der Waals surface area contributed by atoms with Crippen LogP contribution < -0.4 is 16.0 Å². The molecule has 2 aliphatic rings. The average molecular weight is 320 g/mol. The van der Waals surface area contributed by atoms with E-state index in [0.717, 1.165) is 25.0 Å². The van der Waals surface area contributed by atoms with E-state index >= 15 is 0 Å². The second kappa shape index (κ2) is 7.00. The normalized spacial score (nSPS) is 26.2. The fourth-order valence-electron chi connectivity index (χ4n) is 2.92. The van der Waals surface area contributed by atoms with E-state index < -0.39 is 0 Å². The van der Waals surface area contributed by atoms with Crippen molar-refractivity contribution in [1.29, 1.82) is 0 Å². The van der Waals surface area contributed by atoms with E-state index in [-0.39, 0.29) is 24.0 Å². The van der Waals surface area contributed by atoms with E-state index in [1.807, 2.05) is 23.9 Å². The Kier molecular flexibility index (Phi) is 4.82. The number of pyridine rings is 1. The Morgan fingerprint density at radius 2 is 2.27 bits per heavy atom. The average Bonchev–Trinajstić information content (AvgIpc) is 3.04. The molecule has 3 amide bonds. The summed E-state index contributed by atoms with van der Waals surface area (Å²) >= 11 is 1.91. The molecule has 0 spiro atoms. The number of fused-ring (bicyclic) bond motifs is 1. The first kappa shape index (κ1) is 15.1. The van der Waals surface area contributed by atoms with Gasteiger partial charge in [0, 0.05) is 23.6 Å². The van der Waals surface area contributed by atoms with Crippen LogP contribution in [0.25, 0.3) is 0 Å². The Morgan fingerprint density at radius 1 is 1.36 bits per heavy atom. The molecule has 22 heavy (non-hydrogen) atoms. The van der Waals surface area contributed by atoms with Crippen molar-refractivity contribution in [3.8, 4) is 0 Å². The first-order chi connectivity index (χ1) is 10.7. The highest BCUT2D eigenvalue weighted by Crippen LogP contribution is 2.33. The van der Waals surface area contributed by atoms with Gasteiger partial charge in [-0.2, -0.15) is 11.8 Å². The third-order valence-electron chi connectivity index (χ3n) is 4.01. The Morgan fingerprint density at radius 3 is 3.09 bits per heavy atom. The van der Waals surface area contributed by atoms with Crippen LogP contribution in [-0.4, -0.2) is 40.0 Å². The van der Waals surface area contributed by atoms with Crippen molar-refractivity contribution >= 4 is 29.5 Å². The standard InChI is InChI=1S/C15H20N4O2S/c20-13(18-12-6-3-4-8-16-12)7-2-1-5-11-14-10(9-22-11)17-15(21)19-14/h3-4,6,8,10-11,14H,1-2,5,7,9H2,(H,16,18,20)(H2,17,19,21). The van der Waals surface area contributed by atoms with E-state index in [0.29, 0.717) is 17.5 Å². The number of thioether (sulfide) groups is 1. The molecule has 3 N–H and O–H groups in total. The first-order valence-electron chi connectivity index (χ1n) is 7.62. The smallest absolute Gasteiger partial charge is 0.315 e. The van der Waals surface area contributed by atoms with E-state index in [4.69, 9.17) is 0 Å². The van der Waals surface area contributed by atoms with Crippen LogP contribution in [0.3, 0.4) is 0 Å². The van der Waals surface area contributed by atoms with Crippen molar-refractivity contribution in [1.82, 2.24) is 15.6 Å². The molecule has 3 heterocycles. The zero-order chi connectivity index (χ0) is 15.4. The van der Waals surface area contributed by atoms with Gasteiger partial charge in [0.05, 0.1) is 12.1 Å². The summed E-state index contributed by atoms with van der Waals surface area (Å²) in [5, 5.41) is 9.18. The molecule has 118 valence electrons. The number of anilines is 1. The molecular weight excluding hydrogens is 300 g/mol. The molecule has 0 radical (unpaired) electrons. The lowest BCUT2D eigenvalue weighted by molar-refractivity contribution is -0.116. The number of carbonyl (C=O) groups is 2. The van der Waals surface area contributed by atoms with Crippen molar-refractivity contribution in [2.45, 2.75) is 43.0 Å². The predicted octanol–water partition coefficient (Wildman–Crippen LogP) is 1.75. The molecule has 3 rings (SSSR count). The molecule has 7 heteroatoms. The number of unbranched alkanes of at least 4 members (excludes halogenated alkanes) is 1. The van der Waals surface area contributed by atoms with Gasteiger partial charge >= 0.3 is 6.03 Å². The van der Waals surface area contributed by atoms with Crippen molar-refractivity contribution in [3.63, 3.8) is 0 Å². The number of rotatable bonds is 6. The van der Waals surface area contributed by atoms with Crippen molar-refractivity contribution in [2.75, 3.05) is 11.1 Å². The minimum absolute atomic E-state index is 0.00601. The second-order valence-corrected chi connectivity index (χ2v) is 6.90. The topological polar surface area (TPSA) is 83.1 Å². The quantitative estimate of drug-likeness (QED) is 0.551. The molecule has 6 nitrogen and oxygen atoms in total. The number of nitrogens with one attached hydrogen (secondary N) is 3. The molecule has 0 aliphatic carbocycles. The summed E-state index contributed by atoms with van der Waals surface area (Å²) in [5.41, 5.74) is 0. The Balaban J connectivity index is 1.34. The van der Waals surface area contributed by atoms with Crippen molar-refractivity contribution < 1.29 is 9.59 Å². The van der Waals surface area contributed by atoms with Gasteiger partial charge in [-0.15, -0.1) is 0 Å². The Labute approximate surface area is 133 Å². The van der Waals surface area contributed by atoms with Crippen LogP contribution in [0.4, 0.5) is 10.6 Å². The largest absolute Gasteiger partial charge is 0.332 e. The van der Waals surface area contributed by atoms with E-state index in [1.54, 1.807) is 12.3 Å². The van der Waals surface area contributed by atoms with Crippen LogP contribution in [0.15, 0.2) is 24.4 Å². The molecule has 2 aliphatic heterocycles. The van der Waals surface area contributed by atoms with E-state index in [2.05, 4.69) is 20.9 Å². The number of amides is 3. The molecule has 2 fully saturated rings. The fraction of sp³-hybridized carbons (Fsp3) is 0.533. The summed E-state index contributed by atoms with van der Waals surface area (Å²) < 4.78 is 0. The lowest BCUT2D eigenvalue weighted by atomic mass is 10.0. The highest BCUT2D eigenvalue weighted by atomic mass is 32.2. The summed E-state index contributed by atoms with van der Waals surface area (Å²) in [4.78, 5) is 27.2. The van der Waals surface area contributed by atoms with Crippen molar-refractivity contribution in [3.05, 3.63) is 24.4 Å². The molecule has 0 bridgehead atoms. The molecule has 3 unspecified atom stereocenters. The molecular formula is C15H20N4O2S. The summed E-state index contributed by atoms with van der Waals surface area (Å²) in [6, 6.07) is 5.92. The molecule has 1 aromatic rings. The van der Waals surface area contributed by atoms with Gasteiger partial charge in [-0.05, 0) is 25.0 Å². The first-order valence-corrected chi connectivity index (χ1v) is 8.67. The number of urea groups is 1. The molecule has 0 saturated carbocycles. The zero-order valence-corrected chi connectivity index (χ0v) is 13.1. The van der Waals surface area contributed by atoms with Crippen LogP contribution in [0.1, 0.15) is 25.7 Å². The van der Waals surface area contributed by atoms with E-state index in [9.17, 15) is 9.59 Å². The zero-order valence-electron chi connectivity index (χ0n) is 12.2. The van der Waals surface area contributed by atoms with Gasteiger partial charge in [-0.25, -0.2) is 9.78 Å². The lowest BCUT2D eigenvalue weighted by Crippen LogP contribution is -2.36. The molecule has 3 atom stereocenters. The van der Waals surface area contributed by atoms with E-state index in [1.165, 1.54) is 0 Å². The summed E-state index contributed by atoms with van der Waals surface area (Å²) in [6.45, 7) is 0.